The number of hydrogen-bond acceptors (Lipinski definition) is 3. The molecule has 1 unspecified atom stereocenters. The second-order valence-electron chi connectivity index (χ2n) is 5.64. The summed E-state index contributed by atoms with van der Waals surface area (Å²) in [7, 11) is 1.86. The van der Waals surface area contributed by atoms with Gasteiger partial charge in [-0.15, -0.1) is 0 Å². The van der Waals surface area contributed by atoms with E-state index in [0.717, 1.165) is 35.5 Å². The van der Waals surface area contributed by atoms with Crippen LogP contribution in [0.2, 0.25) is 0 Å². The molecular weight excluding hydrogens is 278 g/mol. The molecule has 0 saturated heterocycles. The summed E-state index contributed by atoms with van der Waals surface area (Å²) in [6.07, 6.45) is 4.00. The molecule has 0 saturated carbocycles. The molecule has 22 heavy (non-hydrogen) atoms. The van der Waals surface area contributed by atoms with Crippen LogP contribution in [-0.4, -0.2) is 22.3 Å². The molecule has 5 nitrogen and oxygen atoms in total. The molecule has 1 amide bonds. The molecule has 5 heteroatoms. The number of hydrogen-bond donors (Lipinski definition) is 1. The maximum Gasteiger partial charge on any atom is 0.225 e. The van der Waals surface area contributed by atoms with Gasteiger partial charge in [-0.3, -0.25) is 9.48 Å². The zero-order valence-corrected chi connectivity index (χ0v) is 13.0. The van der Waals surface area contributed by atoms with Crippen molar-refractivity contribution in [1.82, 2.24) is 9.78 Å². The number of aryl methyl sites for hydroxylation is 2. The van der Waals surface area contributed by atoms with Gasteiger partial charge in [-0.2, -0.15) is 5.10 Å². The lowest BCUT2D eigenvalue weighted by Crippen LogP contribution is -2.21. The van der Waals surface area contributed by atoms with Crippen LogP contribution in [0.25, 0.3) is 0 Å². The molecule has 0 fully saturated rings. The first-order valence-corrected chi connectivity index (χ1v) is 7.71. The van der Waals surface area contributed by atoms with Crippen molar-refractivity contribution in [3.63, 3.8) is 0 Å². The SMILES string of the molecule is CCc1nn(C)cc1NC(=O)CC1CCOc2ccccc21. The van der Waals surface area contributed by atoms with Gasteiger partial charge in [-0.1, -0.05) is 25.1 Å². The third-order valence-corrected chi connectivity index (χ3v) is 4.03. The number of nitrogens with one attached hydrogen (secondary N) is 1. The van der Waals surface area contributed by atoms with Crippen LogP contribution in [0.5, 0.6) is 5.75 Å². The topological polar surface area (TPSA) is 56.2 Å². The van der Waals surface area contributed by atoms with Gasteiger partial charge >= 0.3 is 0 Å². The summed E-state index contributed by atoms with van der Waals surface area (Å²) in [5, 5.41) is 7.34. The summed E-state index contributed by atoms with van der Waals surface area (Å²) >= 11 is 0. The Morgan fingerprint density at radius 1 is 1.45 bits per heavy atom. The number of para-hydroxylation sites is 1. The predicted molar refractivity (Wildman–Crippen MR) is 85.1 cm³/mol. The summed E-state index contributed by atoms with van der Waals surface area (Å²) in [6.45, 7) is 2.70. The first kappa shape index (κ1) is 14.6. The fourth-order valence-electron chi connectivity index (χ4n) is 2.95. The number of aromatic nitrogens is 2. The number of carbonyl (C=O) groups is 1. The van der Waals surface area contributed by atoms with Crippen LogP contribution < -0.4 is 10.1 Å². The summed E-state index contributed by atoms with van der Waals surface area (Å²) in [5.41, 5.74) is 2.87. The van der Waals surface area contributed by atoms with Crippen molar-refractivity contribution < 1.29 is 9.53 Å². The van der Waals surface area contributed by atoms with Gasteiger partial charge in [0, 0.05) is 19.7 Å². The molecule has 2 aromatic rings. The number of amides is 1. The summed E-state index contributed by atoms with van der Waals surface area (Å²) in [5.74, 6) is 1.15. The summed E-state index contributed by atoms with van der Waals surface area (Å²) in [4.78, 5) is 12.4. The Kier molecular flexibility index (Phi) is 4.13. The Bertz CT molecular complexity index is 678. The van der Waals surface area contributed by atoms with Crippen LogP contribution in [0.1, 0.15) is 36.9 Å². The van der Waals surface area contributed by atoms with Gasteiger partial charge in [0.1, 0.15) is 5.75 Å². The normalized spacial score (nSPS) is 16.7. The molecule has 1 N–H and O–H groups in total. The Morgan fingerprint density at radius 2 is 2.27 bits per heavy atom. The van der Waals surface area contributed by atoms with E-state index < -0.39 is 0 Å². The fraction of sp³-hybridized carbons (Fsp3) is 0.412. The zero-order valence-electron chi connectivity index (χ0n) is 13.0. The highest BCUT2D eigenvalue weighted by Gasteiger charge is 2.24. The summed E-state index contributed by atoms with van der Waals surface area (Å²) in [6, 6.07) is 7.98. The van der Waals surface area contributed by atoms with Crippen molar-refractivity contribution in [2.45, 2.75) is 32.1 Å². The van der Waals surface area contributed by atoms with Crippen LogP contribution >= 0.6 is 0 Å². The fourth-order valence-corrected chi connectivity index (χ4v) is 2.95. The minimum absolute atomic E-state index is 0.0319. The molecule has 1 aliphatic heterocycles. The molecular formula is C17H21N3O2. The van der Waals surface area contributed by atoms with Gasteiger partial charge in [0.2, 0.25) is 5.91 Å². The molecule has 2 heterocycles. The number of carbonyl (C=O) groups excluding carboxylic acids is 1. The van der Waals surface area contributed by atoms with Gasteiger partial charge in [-0.25, -0.2) is 0 Å². The van der Waals surface area contributed by atoms with Gasteiger partial charge < -0.3 is 10.1 Å². The van der Waals surface area contributed by atoms with Crippen LogP contribution in [0.3, 0.4) is 0 Å². The first-order chi connectivity index (χ1) is 10.7. The van der Waals surface area contributed by atoms with E-state index in [1.54, 1.807) is 4.68 Å². The molecule has 116 valence electrons. The number of fused-ring (bicyclic) bond motifs is 1. The molecule has 3 rings (SSSR count). The van der Waals surface area contributed by atoms with E-state index in [-0.39, 0.29) is 11.8 Å². The largest absolute Gasteiger partial charge is 0.493 e. The Balaban J connectivity index is 1.70. The third-order valence-electron chi connectivity index (χ3n) is 4.03. The quantitative estimate of drug-likeness (QED) is 0.944. The number of anilines is 1. The highest BCUT2D eigenvalue weighted by molar-refractivity contribution is 5.91. The standard InChI is InChI=1S/C17H21N3O2/c1-3-14-15(11-20(2)19-14)18-17(21)10-12-8-9-22-16-7-5-4-6-13(12)16/h4-7,11-12H,3,8-10H2,1-2H3,(H,18,21). The number of ether oxygens (including phenoxy) is 1. The first-order valence-electron chi connectivity index (χ1n) is 7.71. The van der Waals surface area contributed by atoms with E-state index in [0.29, 0.717) is 13.0 Å². The van der Waals surface area contributed by atoms with Gasteiger partial charge in [0.15, 0.2) is 0 Å². The lowest BCUT2D eigenvalue weighted by Gasteiger charge is -2.25. The second-order valence-corrected chi connectivity index (χ2v) is 5.64. The Hall–Kier alpha value is -2.30. The van der Waals surface area contributed by atoms with Gasteiger partial charge in [0.05, 0.1) is 18.0 Å². The minimum atomic E-state index is 0.0319. The van der Waals surface area contributed by atoms with Crippen LogP contribution in [0, 0.1) is 0 Å². The van der Waals surface area contributed by atoms with E-state index in [4.69, 9.17) is 4.74 Å². The van der Waals surface area contributed by atoms with Crippen molar-refractivity contribution in [3.8, 4) is 5.75 Å². The van der Waals surface area contributed by atoms with E-state index in [1.165, 1.54) is 0 Å². The second kappa shape index (κ2) is 6.22. The van der Waals surface area contributed by atoms with E-state index >= 15 is 0 Å². The molecule has 1 aliphatic rings. The van der Waals surface area contributed by atoms with E-state index in [9.17, 15) is 4.79 Å². The maximum atomic E-state index is 12.4. The zero-order chi connectivity index (χ0) is 15.5. The molecule has 1 aromatic carbocycles. The Morgan fingerprint density at radius 3 is 3.09 bits per heavy atom. The smallest absolute Gasteiger partial charge is 0.225 e. The van der Waals surface area contributed by atoms with Crippen molar-refractivity contribution in [2.24, 2.45) is 7.05 Å². The molecule has 0 radical (unpaired) electrons. The monoisotopic (exact) mass is 299 g/mol. The average molecular weight is 299 g/mol. The molecule has 0 spiro atoms. The van der Waals surface area contributed by atoms with Crippen molar-refractivity contribution in [3.05, 3.63) is 41.7 Å². The van der Waals surface area contributed by atoms with E-state index in [1.807, 2.05) is 44.4 Å². The van der Waals surface area contributed by atoms with Crippen LogP contribution in [0.4, 0.5) is 5.69 Å². The highest BCUT2D eigenvalue weighted by atomic mass is 16.5. The number of rotatable bonds is 4. The highest BCUT2D eigenvalue weighted by Crippen LogP contribution is 2.35. The third kappa shape index (κ3) is 2.98. The molecule has 0 bridgehead atoms. The van der Waals surface area contributed by atoms with Crippen LogP contribution in [0.15, 0.2) is 30.5 Å². The summed E-state index contributed by atoms with van der Waals surface area (Å²) < 4.78 is 7.38. The van der Waals surface area contributed by atoms with Gasteiger partial charge in [0.25, 0.3) is 0 Å². The molecule has 1 atom stereocenters. The van der Waals surface area contributed by atoms with Gasteiger partial charge in [-0.05, 0) is 30.4 Å². The minimum Gasteiger partial charge on any atom is -0.493 e. The lowest BCUT2D eigenvalue weighted by atomic mass is 9.90. The number of benzene rings is 1. The predicted octanol–water partition coefficient (Wildman–Crippen LogP) is 2.88. The lowest BCUT2D eigenvalue weighted by molar-refractivity contribution is -0.116. The Labute approximate surface area is 130 Å². The molecule has 1 aromatic heterocycles. The van der Waals surface area contributed by atoms with Crippen molar-refractivity contribution in [2.75, 3.05) is 11.9 Å². The van der Waals surface area contributed by atoms with Crippen molar-refractivity contribution in [1.29, 1.82) is 0 Å². The number of nitrogens with zero attached hydrogens (tertiary/aromatic N) is 2. The molecule has 0 aliphatic carbocycles. The van der Waals surface area contributed by atoms with Crippen LogP contribution in [-0.2, 0) is 18.3 Å². The van der Waals surface area contributed by atoms with Crippen molar-refractivity contribution >= 4 is 11.6 Å². The average Bonchev–Trinajstić information content (AvgIpc) is 2.87. The van der Waals surface area contributed by atoms with E-state index in [2.05, 4.69) is 10.4 Å². The maximum absolute atomic E-state index is 12.4.